The van der Waals surface area contributed by atoms with Crippen molar-refractivity contribution in [1.29, 1.82) is 0 Å². The Hall–Kier alpha value is -1.45. The second kappa shape index (κ2) is 2.52. The van der Waals surface area contributed by atoms with E-state index in [-0.39, 0.29) is 6.04 Å². The lowest BCUT2D eigenvalue weighted by Crippen LogP contribution is -2.29. The van der Waals surface area contributed by atoms with Crippen molar-refractivity contribution in [3.8, 4) is 0 Å². The topological polar surface area (TPSA) is 51.5 Å². The molecule has 0 aromatic carbocycles. The number of alkyl carbamates (subject to hydrolysis) is 1. The lowest BCUT2D eigenvalue weighted by atomic mass is 9.98. The molecule has 1 amide bonds. The van der Waals surface area contributed by atoms with Crippen molar-refractivity contribution in [1.82, 2.24) is 5.32 Å². The fourth-order valence-corrected chi connectivity index (χ4v) is 1.49. The van der Waals surface area contributed by atoms with E-state index in [9.17, 15) is 4.79 Å². The summed E-state index contributed by atoms with van der Waals surface area (Å²) in [5, 5.41) is 2.69. The molecule has 1 saturated heterocycles. The zero-order valence-electron chi connectivity index (χ0n) is 7.53. The summed E-state index contributed by atoms with van der Waals surface area (Å²) in [7, 11) is 0. The smallest absolute Gasteiger partial charge is 0.408 e. The van der Waals surface area contributed by atoms with Crippen molar-refractivity contribution in [2.75, 3.05) is 0 Å². The third-order valence-electron chi connectivity index (χ3n) is 2.14. The molecule has 1 aliphatic heterocycles. The van der Waals surface area contributed by atoms with Gasteiger partial charge in [0, 0.05) is 0 Å². The summed E-state index contributed by atoms with van der Waals surface area (Å²) in [5.41, 5.74) is -0.547. The molecule has 1 aromatic heterocycles. The highest BCUT2D eigenvalue weighted by Crippen LogP contribution is 2.33. The van der Waals surface area contributed by atoms with Crippen LogP contribution in [0.2, 0.25) is 0 Å². The largest absolute Gasteiger partial charge is 0.467 e. The normalized spacial score (nSPS) is 25.4. The van der Waals surface area contributed by atoms with E-state index in [4.69, 9.17) is 9.15 Å². The molecule has 1 unspecified atom stereocenters. The number of hydrogen-bond acceptors (Lipinski definition) is 3. The van der Waals surface area contributed by atoms with Crippen molar-refractivity contribution in [2.45, 2.75) is 25.5 Å². The number of furan rings is 1. The van der Waals surface area contributed by atoms with Gasteiger partial charge in [0.25, 0.3) is 0 Å². The molecule has 70 valence electrons. The second-order valence-corrected chi connectivity index (χ2v) is 3.59. The van der Waals surface area contributed by atoms with Crippen LogP contribution in [0.5, 0.6) is 0 Å². The molecule has 4 heteroatoms. The van der Waals surface area contributed by atoms with Gasteiger partial charge in [0.2, 0.25) is 0 Å². The third-order valence-corrected chi connectivity index (χ3v) is 2.14. The average molecular weight is 181 g/mol. The number of cyclic esters (lactones) is 1. The Bertz CT molecular complexity index is 316. The van der Waals surface area contributed by atoms with Crippen LogP contribution in [0.1, 0.15) is 25.6 Å². The molecule has 4 nitrogen and oxygen atoms in total. The summed E-state index contributed by atoms with van der Waals surface area (Å²) in [6.07, 6.45) is 1.18. The maximum absolute atomic E-state index is 11.0. The van der Waals surface area contributed by atoms with Gasteiger partial charge in [0.05, 0.1) is 6.26 Å². The Morgan fingerprint density at radius 1 is 1.54 bits per heavy atom. The summed E-state index contributed by atoms with van der Waals surface area (Å²) >= 11 is 0. The molecule has 0 aliphatic carbocycles. The zero-order valence-corrected chi connectivity index (χ0v) is 7.53. The molecule has 0 bridgehead atoms. The molecular weight excluding hydrogens is 170 g/mol. The molecule has 0 spiro atoms. The highest BCUT2D eigenvalue weighted by molar-refractivity contribution is 5.71. The fraction of sp³-hybridized carbons (Fsp3) is 0.444. The molecule has 0 saturated carbocycles. The van der Waals surface area contributed by atoms with Gasteiger partial charge in [-0.05, 0) is 26.0 Å². The van der Waals surface area contributed by atoms with Gasteiger partial charge in [-0.25, -0.2) is 4.79 Å². The van der Waals surface area contributed by atoms with Gasteiger partial charge in [-0.1, -0.05) is 0 Å². The van der Waals surface area contributed by atoms with Crippen molar-refractivity contribution in [2.24, 2.45) is 0 Å². The van der Waals surface area contributed by atoms with E-state index in [1.165, 1.54) is 0 Å². The van der Waals surface area contributed by atoms with E-state index in [1.54, 1.807) is 12.3 Å². The first-order valence-electron chi connectivity index (χ1n) is 4.12. The summed E-state index contributed by atoms with van der Waals surface area (Å²) in [6, 6.07) is 3.41. The number of ether oxygens (including phenoxy) is 1. The Balaban J connectivity index is 2.30. The van der Waals surface area contributed by atoms with Gasteiger partial charge in [0.15, 0.2) is 0 Å². The Morgan fingerprint density at radius 3 is 2.77 bits per heavy atom. The van der Waals surface area contributed by atoms with Gasteiger partial charge in [0.1, 0.15) is 17.4 Å². The van der Waals surface area contributed by atoms with Gasteiger partial charge < -0.3 is 14.5 Å². The van der Waals surface area contributed by atoms with E-state index in [0.717, 1.165) is 5.76 Å². The van der Waals surface area contributed by atoms with Crippen LogP contribution in [-0.4, -0.2) is 11.7 Å². The molecule has 2 rings (SSSR count). The summed E-state index contributed by atoms with van der Waals surface area (Å²) in [5.74, 6) is 0.718. The molecule has 2 heterocycles. The van der Waals surface area contributed by atoms with Crippen LogP contribution in [0.4, 0.5) is 4.79 Å². The van der Waals surface area contributed by atoms with E-state index in [2.05, 4.69) is 5.32 Å². The average Bonchev–Trinajstić information content (AvgIpc) is 2.56. The van der Waals surface area contributed by atoms with Crippen molar-refractivity contribution < 1.29 is 13.9 Å². The van der Waals surface area contributed by atoms with E-state index in [0.29, 0.717) is 0 Å². The van der Waals surface area contributed by atoms with Crippen molar-refractivity contribution >= 4 is 6.09 Å². The predicted octanol–water partition coefficient (Wildman–Crippen LogP) is 1.84. The fourth-order valence-electron chi connectivity index (χ4n) is 1.49. The van der Waals surface area contributed by atoms with Crippen LogP contribution in [0.15, 0.2) is 22.8 Å². The molecule has 1 atom stereocenters. The first-order chi connectivity index (χ1) is 6.09. The van der Waals surface area contributed by atoms with Crippen molar-refractivity contribution in [3.05, 3.63) is 24.2 Å². The minimum absolute atomic E-state index is 0.199. The minimum Gasteiger partial charge on any atom is -0.467 e. The maximum atomic E-state index is 11.0. The van der Waals surface area contributed by atoms with E-state index >= 15 is 0 Å². The number of carbonyl (C=O) groups excluding carboxylic acids is 1. The first-order valence-corrected chi connectivity index (χ1v) is 4.12. The molecule has 0 radical (unpaired) electrons. The second-order valence-electron chi connectivity index (χ2n) is 3.59. The Labute approximate surface area is 75.9 Å². The number of nitrogens with one attached hydrogen (secondary N) is 1. The van der Waals surface area contributed by atoms with Gasteiger partial charge in [-0.15, -0.1) is 0 Å². The zero-order chi connectivity index (χ0) is 9.47. The SMILES string of the molecule is CC1(C)OC(=O)NC1c1ccco1. The van der Waals surface area contributed by atoms with Crippen LogP contribution in [-0.2, 0) is 4.74 Å². The van der Waals surface area contributed by atoms with E-state index < -0.39 is 11.7 Å². The number of amides is 1. The van der Waals surface area contributed by atoms with Crippen LogP contribution in [0.25, 0.3) is 0 Å². The van der Waals surface area contributed by atoms with Gasteiger partial charge >= 0.3 is 6.09 Å². The lowest BCUT2D eigenvalue weighted by Gasteiger charge is -2.21. The Morgan fingerprint density at radius 2 is 2.31 bits per heavy atom. The van der Waals surface area contributed by atoms with Gasteiger partial charge in [-0.3, -0.25) is 0 Å². The number of rotatable bonds is 1. The highest BCUT2D eigenvalue weighted by Gasteiger charge is 2.43. The number of carbonyl (C=O) groups is 1. The minimum atomic E-state index is -0.547. The predicted molar refractivity (Wildman–Crippen MR) is 45.1 cm³/mol. The van der Waals surface area contributed by atoms with Crippen LogP contribution >= 0.6 is 0 Å². The van der Waals surface area contributed by atoms with E-state index in [1.807, 2.05) is 19.9 Å². The standard InChI is InChI=1S/C9H11NO3/c1-9(2)7(10-8(11)13-9)6-4-3-5-12-6/h3-5,7H,1-2H3,(H,10,11). The van der Waals surface area contributed by atoms with Crippen LogP contribution < -0.4 is 5.32 Å². The quantitative estimate of drug-likeness (QED) is 0.719. The first kappa shape index (κ1) is 8.16. The summed E-state index contributed by atoms with van der Waals surface area (Å²) in [6.45, 7) is 3.69. The summed E-state index contributed by atoms with van der Waals surface area (Å²) in [4.78, 5) is 11.0. The van der Waals surface area contributed by atoms with Crippen molar-refractivity contribution in [3.63, 3.8) is 0 Å². The third kappa shape index (κ3) is 1.28. The van der Waals surface area contributed by atoms with Crippen LogP contribution in [0.3, 0.4) is 0 Å². The Kier molecular flexibility index (Phi) is 1.58. The highest BCUT2D eigenvalue weighted by atomic mass is 16.6. The molecular formula is C9H11NO3. The number of hydrogen-bond donors (Lipinski definition) is 1. The molecule has 1 aromatic rings. The molecule has 1 aliphatic rings. The lowest BCUT2D eigenvalue weighted by molar-refractivity contribution is 0.0640. The van der Waals surface area contributed by atoms with Crippen LogP contribution in [0, 0.1) is 0 Å². The molecule has 1 N–H and O–H groups in total. The molecule has 13 heavy (non-hydrogen) atoms. The monoisotopic (exact) mass is 181 g/mol. The summed E-state index contributed by atoms with van der Waals surface area (Å²) < 4.78 is 10.3. The molecule has 1 fully saturated rings. The maximum Gasteiger partial charge on any atom is 0.408 e. The van der Waals surface area contributed by atoms with Gasteiger partial charge in [-0.2, -0.15) is 0 Å².